The van der Waals surface area contributed by atoms with Gasteiger partial charge in [0.15, 0.2) is 11.2 Å². The Morgan fingerprint density at radius 3 is 2.21 bits per heavy atom. The average molecular weight is 401 g/mol. The van der Waals surface area contributed by atoms with E-state index in [9.17, 15) is 19.5 Å². The molecular formula is C21H24N2O4S. The Kier molecular flexibility index (Phi) is 7.63. The van der Waals surface area contributed by atoms with Gasteiger partial charge in [0.25, 0.3) is 5.91 Å². The number of nitrogens with zero attached hydrogens (tertiary/aromatic N) is 1. The second-order valence-corrected chi connectivity index (χ2v) is 8.19. The van der Waals surface area contributed by atoms with Crippen molar-refractivity contribution in [2.45, 2.75) is 37.9 Å². The molecule has 2 amide bonds. The topological polar surface area (TPSA) is 86.7 Å². The van der Waals surface area contributed by atoms with Crippen LogP contribution in [-0.2, 0) is 11.3 Å². The summed E-state index contributed by atoms with van der Waals surface area (Å²) in [4.78, 5) is 37.9. The molecule has 28 heavy (non-hydrogen) atoms. The fourth-order valence-electron chi connectivity index (χ4n) is 2.66. The molecule has 0 bridgehead atoms. The molecule has 1 atom stereocenters. The lowest BCUT2D eigenvalue weighted by molar-refractivity contribution is -0.118. The molecular weight excluding hydrogens is 376 g/mol. The second-order valence-electron chi connectivity index (χ2n) is 6.52. The van der Waals surface area contributed by atoms with Gasteiger partial charge in [-0.25, -0.2) is 4.79 Å². The quantitative estimate of drug-likeness (QED) is 0.504. The summed E-state index contributed by atoms with van der Waals surface area (Å²) >= 11 is 1.24. The van der Waals surface area contributed by atoms with Gasteiger partial charge in [-0.05, 0) is 24.6 Å². The van der Waals surface area contributed by atoms with Gasteiger partial charge in [0, 0.05) is 10.8 Å². The number of hydrogen-bond donors (Lipinski definition) is 2. The van der Waals surface area contributed by atoms with Crippen LogP contribution in [0.3, 0.4) is 0 Å². The van der Waals surface area contributed by atoms with E-state index in [0.29, 0.717) is 11.3 Å². The number of anilines is 1. The maximum absolute atomic E-state index is 13.0. The lowest BCUT2D eigenvalue weighted by Gasteiger charge is -2.29. The second kappa shape index (κ2) is 9.94. The van der Waals surface area contributed by atoms with Crippen LogP contribution in [0.25, 0.3) is 0 Å². The highest BCUT2D eigenvalue weighted by Gasteiger charge is 2.31. The molecule has 0 heterocycles. The fourth-order valence-corrected chi connectivity index (χ4v) is 3.67. The molecule has 2 aromatic carbocycles. The predicted octanol–water partition coefficient (Wildman–Crippen LogP) is 4.48. The van der Waals surface area contributed by atoms with Crippen molar-refractivity contribution >= 4 is 35.2 Å². The molecule has 148 valence electrons. The Balaban J connectivity index is 2.31. The molecule has 0 aliphatic carbocycles. The summed E-state index contributed by atoms with van der Waals surface area (Å²) in [5, 5.41) is 11.6. The average Bonchev–Trinajstić information content (AvgIpc) is 2.65. The molecule has 0 fully saturated rings. The van der Waals surface area contributed by atoms with E-state index in [-0.39, 0.29) is 17.6 Å². The van der Waals surface area contributed by atoms with Gasteiger partial charge in [-0.15, -0.1) is 11.8 Å². The predicted molar refractivity (Wildman–Crippen MR) is 112 cm³/mol. The Hall–Kier alpha value is -2.80. The van der Waals surface area contributed by atoms with Crippen molar-refractivity contribution in [3.05, 3.63) is 65.7 Å². The number of thioether (sulfide) groups is 1. The Labute approximate surface area is 168 Å². The van der Waals surface area contributed by atoms with Gasteiger partial charge in [-0.1, -0.05) is 56.3 Å². The molecule has 0 aromatic heterocycles. The SMILES string of the molecule is CC(=O)c1ccccc1NC(=O)C(SC(C)C)N(Cc1ccccc1)C(=O)O. The summed E-state index contributed by atoms with van der Waals surface area (Å²) in [6.07, 6.45) is -1.18. The smallest absolute Gasteiger partial charge is 0.408 e. The summed E-state index contributed by atoms with van der Waals surface area (Å²) in [5.41, 5.74) is 1.55. The number of amides is 2. The first-order valence-electron chi connectivity index (χ1n) is 8.89. The summed E-state index contributed by atoms with van der Waals surface area (Å²) in [7, 11) is 0. The lowest BCUT2D eigenvalue weighted by Crippen LogP contribution is -2.45. The zero-order valence-electron chi connectivity index (χ0n) is 16.1. The molecule has 0 saturated carbocycles. The maximum Gasteiger partial charge on any atom is 0.408 e. The van der Waals surface area contributed by atoms with Crippen LogP contribution in [0.15, 0.2) is 54.6 Å². The number of carboxylic acid groups (broad SMARTS) is 1. The molecule has 2 N–H and O–H groups in total. The first kappa shape index (κ1) is 21.5. The summed E-state index contributed by atoms with van der Waals surface area (Å²) in [6, 6.07) is 15.8. The van der Waals surface area contributed by atoms with Gasteiger partial charge >= 0.3 is 6.09 Å². The minimum atomic E-state index is -1.18. The molecule has 2 rings (SSSR count). The highest BCUT2D eigenvalue weighted by atomic mass is 32.2. The van der Waals surface area contributed by atoms with Crippen molar-refractivity contribution < 1.29 is 19.5 Å². The number of benzene rings is 2. The minimum Gasteiger partial charge on any atom is -0.465 e. The first-order valence-corrected chi connectivity index (χ1v) is 9.83. The van der Waals surface area contributed by atoms with E-state index in [1.165, 1.54) is 18.7 Å². The van der Waals surface area contributed by atoms with E-state index in [2.05, 4.69) is 5.32 Å². The van der Waals surface area contributed by atoms with Crippen LogP contribution in [0.4, 0.5) is 10.5 Å². The molecule has 7 heteroatoms. The van der Waals surface area contributed by atoms with Crippen LogP contribution in [0.5, 0.6) is 0 Å². The van der Waals surface area contributed by atoms with Crippen molar-refractivity contribution in [3.63, 3.8) is 0 Å². The standard InChI is InChI=1S/C21H24N2O4S/c1-14(2)28-20(23(21(26)27)13-16-9-5-4-6-10-16)19(25)22-18-12-8-7-11-17(18)15(3)24/h4-12,14,20H,13H2,1-3H3,(H,22,25)(H,26,27). The van der Waals surface area contributed by atoms with Crippen molar-refractivity contribution in [2.24, 2.45) is 0 Å². The Morgan fingerprint density at radius 1 is 1.04 bits per heavy atom. The number of carbonyl (C=O) groups excluding carboxylic acids is 2. The Bertz CT molecular complexity index is 839. The molecule has 0 saturated heterocycles. The minimum absolute atomic E-state index is 0.0245. The van der Waals surface area contributed by atoms with E-state index >= 15 is 0 Å². The maximum atomic E-state index is 13.0. The number of nitrogens with one attached hydrogen (secondary N) is 1. The molecule has 0 aliphatic rings. The van der Waals surface area contributed by atoms with Crippen molar-refractivity contribution in [1.29, 1.82) is 0 Å². The molecule has 0 radical (unpaired) electrons. The largest absolute Gasteiger partial charge is 0.465 e. The van der Waals surface area contributed by atoms with Gasteiger partial charge in [0.05, 0.1) is 12.2 Å². The highest BCUT2D eigenvalue weighted by Crippen LogP contribution is 2.26. The number of rotatable bonds is 8. The first-order chi connectivity index (χ1) is 13.3. The molecule has 6 nitrogen and oxygen atoms in total. The number of para-hydroxylation sites is 1. The van der Waals surface area contributed by atoms with Crippen LogP contribution >= 0.6 is 11.8 Å². The highest BCUT2D eigenvalue weighted by molar-refractivity contribution is 8.01. The van der Waals surface area contributed by atoms with Gasteiger partial charge in [-0.3, -0.25) is 14.5 Å². The molecule has 0 aliphatic heterocycles. The van der Waals surface area contributed by atoms with Gasteiger partial charge in [0.1, 0.15) is 0 Å². The third kappa shape index (κ3) is 5.85. The Morgan fingerprint density at radius 2 is 1.64 bits per heavy atom. The van der Waals surface area contributed by atoms with Crippen LogP contribution in [-0.4, -0.2) is 38.4 Å². The zero-order valence-corrected chi connectivity index (χ0v) is 16.9. The summed E-state index contributed by atoms with van der Waals surface area (Å²) in [6.45, 7) is 5.31. The van der Waals surface area contributed by atoms with Crippen LogP contribution in [0.1, 0.15) is 36.7 Å². The van der Waals surface area contributed by atoms with Crippen LogP contribution in [0.2, 0.25) is 0 Å². The van der Waals surface area contributed by atoms with E-state index in [1.54, 1.807) is 24.3 Å². The van der Waals surface area contributed by atoms with Gasteiger partial charge in [0.2, 0.25) is 0 Å². The van der Waals surface area contributed by atoms with E-state index in [1.807, 2.05) is 44.2 Å². The molecule has 0 spiro atoms. The normalized spacial score (nSPS) is 11.7. The number of ketones is 1. The molecule has 1 unspecified atom stereocenters. The summed E-state index contributed by atoms with van der Waals surface area (Å²) in [5.74, 6) is -0.658. The van der Waals surface area contributed by atoms with Gasteiger partial charge < -0.3 is 10.4 Å². The van der Waals surface area contributed by atoms with Crippen molar-refractivity contribution in [2.75, 3.05) is 5.32 Å². The third-order valence-corrected chi connectivity index (χ3v) is 5.18. The van der Waals surface area contributed by atoms with E-state index in [0.717, 1.165) is 10.5 Å². The van der Waals surface area contributed by atoms with Crippen LogP contribution in [0, 0.1) is 0 Å². The number of hydrogen-bond acceptors (Lipinski definition) is 4. The molecule has 2 aromatic rings. The third-order valence-electron chi connectivity index (χ3n) is 3.91. The summed E-state index contributed by atoms with van der Waals surface area (Å²) < 4.78 is 0. The van der Waals surface area contributed by atoms with E-state index < -0.39 is 17.4 Å². The zero-order chi connectivity index (χ0) is 20.7. The number of Topliss-reactive ketones (excluding diaryl/α,β-unsaturated/α-hetero) is 1. The van der Waals surface area contributed by atoms with Crippen molar-refractivity contribution in [1.82, 2.24) is 4.90 Å². The monoisotopic (exact) mass is 400 g/mol. The van der Waals surface area contributed by atoms with Gasteiger partial charge in [-0.2, -0.15) is 0 Å². The lowest BCUT2D eigenvalue weighted by atomic mass is 10.1. The fraction of sp³-hybridized carbons (Fsp3) is 0.286. The van der Waals surface area contributed by atoms with Crippen LogP contribution < -0.4 is 5.32 Å². The number of carbonyl (C=O) groups is 3. The van der Waals surface area contributed by atoms with Crippen molar-refractivity contribution in [3.8, 4) is 0 Å². The van der Waals surface area contributed by atoms with E-state index in [4.69, 9.17) is 0 Å².